The fraction of sp³-hybridized carbons (Fsp3) is 0.533. The highest BCUT2D eigenvalue weighted by Gasteiger charge is 2.32. The van der Waals surface area contributed by atoms with Crippen LogP contribution < -0.4 is 5.32 Å². The number of carbonyl (C=O) groups is 1. The highest BCUT2D eigenvalue weighted by molar-refractivity contribution is 9.11. The van der Waals surface area contributed by atoms with E-state index >= 15 is 0 Å². The molecule has 2 aliphatic heterocycles. The van der Waals surface area contributed by atoms with Gasteiger partial charge in [0.15, 0.2) is 0 Å². The van der Waals surface area contributed by atoms with Gasteiger partial charge in [-0.05, 0) is 50.4 Å². The largest absolute Gasteiger partial charge is 0.349 e. The SMILES string of the molecule is O=C(NC1CCN2CCCC2C1)c1cc(Br)cc(Br)c1. The number of benzene rings is 1. The third kappa shape index (κ3) is 3.26. The molecule has 1 aromatic rings. The average Bonchev–Trinajstić information content (AvgIpc) is 2.85. The minimum atomic E-state index is 0.0310. The minimum absolute atomic E-state index is 0.0310. The predicted molar refractivity (Wildman–Crippen MR) is 86.9 cm³/mol. The Morgan fingerprint density at radius 3 is 2.65 bits per heavy atom. The first-order chi connectivity index (χ1) is 9.61. The van der Waals surface area contributed by atoms with Crippen molar-refractivity contribution in [3.63, 3.8) is 0 Å². The second-order valence-electron chi connectivity index (χ2n) is 5.68. The van der Waals surface area contributed by atoms with Gasteiger partial charge >= 0.3 is 0 Å². The summed E-state index contributed by atoms with van der Waals surface area (Å²) >= 11 is 6.85. The Morgan fingerprint density at radius 1 is 1.15 bits per heavy atom. The molecule has 1 aromatic carbocycles. The normalized spacial score (nSPS) is 26.3. The standard InChI is InChI=1S/C15H18Br2N2O/c16-11-6-10(7-12(17)8-11)15(20)18-13-3-5-19-4-1-2-14(19)9-13/h6-8,13-14H,1-5,9H2,(H,18,20). The molecule has 1 amide bonds. The van der Waals surface area contributed by atoms with Crippen molar-refractivity contribution in [2.24, 2.45) is 0 Å². The van der Waals surface area contributed by atoms with Gasteiger partial charge < -0.3 is 10.2 Å². The maximum atomic E-state index is 12.3. The van der Waals surface area contributed by atoms with Crippen molar-refractivity contribution in [1.29, 1.82) is 0 Å². The number of amides is 1. The van der Waals surface area contributed by atoms with Crippen molar-refractivity contribution in [3.8, 4) is 0 Å². The van der Waals surface area contributed by atoms with Crippen molar-refractivity contribution in [1.82, 2.24) is 10.2 Å². The van der Waals surface area contributed by atoms with Crippen LogP contribution in [0.5, 0.6) is 0 Å². The van der Waals surface area contributed by atoms with Crippen LogP contribution in [0.15, 0.2) is 27.1 Å². The first-order valence-corrected chi connectivity index (χ1v) is 8.71. The summed E-state index contributed by atoms with van der Waals surface area (Å²) in [6.07, 6.45) is 4.76. The Bertz CT molecular complexity index is 500. The number of nitrogens with one attached hydrogen (secondary N) is 1. The van der Waals surface area contributed by atoms with Crippen molar-refractivity contribution in [2.75, 3.05) is 13.1 Å². The van der Waals surface area contributed by atoms with Gasteiger partial charge in [0.2, 0.25) is 0 Å². The van der Waals surface area contributed by atoms with Crippen molar-refractivity contribution in [3.05, 3.63) is 32.7 Å². The van der Waals surface area contributed by atoms with Gasteiger partial charge in [-0.3, -0.25) is 4.79 Å². The molecule has 2 heterocycles. The lowest BCUT2D eigenvalue weighted by Gasteiger charge is -2.35. The van der Waals surface area contributed by atoms with Gasteiger partial charge in [0.25, 0.3) is 5.91 Å². The molecule has 2 saturated heterocycles. The van der Waals surface area contributed by atoms with Crippen LogP contribution in [0.3, 0.4) is 0 Å². The summed E-state index contributed by atoms with van der Waals surface area (Å²) in [5, 5.41) is 3.19. The van der Waals surface area contributed by atoms with E-state index in [1.807, 2.05) is 18.2 Å². The fourth-order valence-electron chi connectivity index (χ4n) is 3.31. The summed E-state index contributed by atoms with van der Waals surface area (Å²) in [5.74, 6) is 0.0310. The van der Waals surface area contributed by atoms with Crippen LogP contribution in [0.1, 0.15) is 36.0 Å². The van der Waals surface area contributed by atoms with Crippen LogP contribution in [0.25, 0.3) is 0 Å². The van der Waals surface area contributed by atoms with Crippen LogP contribution in [0.4, 0.5) is 0 Å². The first kappa shape index (κ1) is 14.5. The molecule has 0 saturated carbocycles. The summed E-state index contributed by atoms with van der Waals surface area (Å²) in [7, 11) is 0. The molecule has 0 radical (unpaired) electrons. The lowest BCUT2D eigenvalue weighted by atomic mass is 9.97. The lowest BCUT2D eigenvalue weighted by molar-refractivity contribution is 0.0896. The van der Waals surface area contributed by atoms with Crippen LogP contribution in [0.2, 0.25) is 0 Å². The maximum Gasteiger partial charge on any atom is 0.251 e. The molecule has 5 heteroatoms. The zero-order chi connectivity index (χ0) is 14.1. The number of carbonyl (C=O) groups excluding carboxylic acids is 1. The molecule has 2 fully saturated rings. The Labute approximate surface area is 136 Å². The number of hydrogen-bond acceptors (Lipinski definition) is 2. The van der Waals surface area contributed by atoms with E-state index in [0.29, 0.717) is 17.6 Å². The Balaban J connectivity index is 1.64. The maximum absolute atomic E-state index is 12.3. The number of nitrogens with zero attached hydrogens (tertiary/aromatic N) is 1. The minimum Gasteiger partial charge on any atom is -0.349 e. The number of rotatable bonds is 2. The van der Waals surface area contributed by atoms with Crippen molar-refractivity contribution < 1.29 is 4.79 Å². The Morgan fingerprint density at radius 2 is 1.90 bits per heavy atom. The Hall–Kier alpha value is -0.390. The smallest absolute Gasteiger partial charge is 0.251 e. The van der Waals surface area contributed by atoms with E-state index in [2.05, 4.69) is 42.1 Å². The van der Waals surface area contributed by atoms with E-state index in [1.54, 1.807) is 0 Å². The van der Waals surface area contributed by atoms with E-state index in [0.717, 1.165) is 28.3 Å². The summed E-state index contributed by atoms with van der Waals surface area (Å²) < 4.78 is 1.84. The van der Waals surface area contributed by atoms with Gasteiger partial charge in [0.05, 0.1) is 0 Å². The molecule has 2 unspecified atom stereocenters. The molecule has 0 aromatic heterocycles. The third-order valence-corrected chi connectivity index (χ3v) is 5.20. The van der Waals surface area contributed by atoms with Gasteiger partial charge in [-0.2, -0.15) is 0 Å². The molecular formula is C15H18Br2N2O. The van der Waals surface area contributed by atoms with Gasteiger partial charge in [-0.15, -0.1) is 0 Å². The van der Waals surface area contributed by atoms with E-state index in [4.69, 9.17) is 0 Å². The number of hydrogen-bond donors (Lipinski definition) is 1. The third-order valence-electron chi connectivity index (χ3n) is 4.28. The zero-order valence-electron chi connectivity index (χ0n) is 11.2. The van der Waals surface area contributed by atoms with Gasteiger partial charge in [0.1, 0.15) is 0 Å². The van der Waals surface area contributed by atoms with Crippen molar-refractivity contribution >= 4 is 37.8 Å². The molecule has 20 heavy (non-hydrogen) atoms. The van der Waals surface area contributed by atoms with E-state index in [-0.39, 0.29) is 5.91 Å². The second kappa shape index (κ2) is 6.16. The second-order valence-corrected chi connectivity index (χ2v) is 7.52. The molecule has 0 aliphatic carbocycles. The summed E-state index contributed by atoms with van der Waals surface area (Å²) in [6, 6.07) is 6.67. The average molecular weight is 402 g/mol. The van der Waals surface area contributed by atoms with Gasteiger partial charge in [0, 0.05) is 33.1 Å². The molecule has 3 nitrogen and oxygen atoms in total. The van der Waals surface area contributed by atoms with Crippen molar-refractivity contribution in [2.45, 2.75) is 37.8 Å². The molecule has 1 N–H and O–H groups in total. The topological polar surface area (TPSA) is 32.3 Å². The van der Waals surface area contributed by atoms with Gasteiger partial charge in [-0.1, -0.05) is 31.9 Å². The number of fused-ring (bicyclic) bond motifs is 1. The van der Waals surface area contributed by atoms with E-state index in [1.165, 1.54) is 19.4 Å². The molecule has 108 valence electrons. The number of piperidine rings is 1. The lowest BCUT2D eigenvalue weighted by Crippen LogP contribution is -2.47. The molecule has 2 atom stereocenters. The molecule has 0 bridgehead atoms. The molecule has 3 rings (SSSR count). The number of halogens is 2. The Kier molecular flexibility index (Phi) is 4.48. The quantitative estimate of drug-likeness (QED) is 0.821. The van der Waals surface area contributed by atoms with E-state index in [9.17, 15) is 4.79 Å². The monoisotopic (exact) mass is 400 g/mol. The zero-order valence-corrected chi connectivity index (χ0v) is 14.4. The summed E-state index contributed by atoms with van der Waals surface area (Å²) in [6.45, 7) is 2.36. The fourth-order valence-corrected chi connectivity index (χ4v) is 4.60. The summed E-state index contributed by atoms with van der Waals surface area (Å²) in [5.41, 5.74) is 0.708. The molecular weight excluding hydrogens is 384 g/mol. The summed E-state index contributed by atoms with van der Waals surface area (Å²) in [4.78, 5) is 14.9. The van der Waals surface area contributed by atoms with Crippen LogP contribution in [-0.2, 0) is 0 Å². The first-order valence-electron chi connectivity index (χ1n) is 7.13. The van der Waals surface area contributed by atoms with E-state index < -0.39 is 0 Å². The highest BCUT2D eigenvalue weighted by Crippen LogP contribution is 2.27. The molecule has 2 aliphatic rings. The van der Waals surface area contributed by atoms with Gasteiger partial charge in [-0.25, -0.2) is 0 Å². The van der Waals surface area contributed by atoms with Crippen LogP contribution >= 0.6 is 31.9 Å². The molecule has 0 spiro atoms. The predicted octanol–water partition coefficient (Wildman–Crippen LogP) is 3.57. The highest BCUT2D eigenvalue weighted by atomic mass is 79.9. The van der Waals surface area contributed by atoms with Crippen LogP contribution in [0, 0.1) is 0 Å². The van der Waals surface area contributed by atoms with Crippen LogP contribution in [-0.4, -0.2) is 36.0 Å².